The summed E-state index contributed by atoms with van der Waals surface area (Å²) in [5.41, 5.74) is 15.3. The molecule has 0 heterocycles. The summed E-state index contributed by atoms with van der Waals surface area (Å²) in [6.07, 6.45) is 0. The van der Waals surface area contributed by atoms with Gasteiger partial charge in [0.15, 0.2) is 0 Å². The van der Waals surface area contributed by atoms with Crippen LogP contribution in [0.15, 0.2) is 218 Å². The van der Waals surface area contributed by atoms with Crippen molar-refractivity contribution in [2.45, 2.75) is 0 Å². The number of rotatable bonds is 4. The summed E-state index contributed by atoms with van der Waals surface area (Å²) in [6, 6.07) is 81.6. The first-order valence-corrected chi connectivity index (χ1v) is 20.9. The predicted molar refractivity (Wildman–Crippen MR) is 258 cm³/mol. The highest BCUT2D eigenvalue weighted by molar-refractivity contribution is 6.38. The lowest BCUT2D eigenvalue weighted by Gasteiger charge is -2.27. The molecule has 12 aromatic rings. The molecule has 0 saturated heterocycles. The zero-order valence-electron chi connectivity index (χ0n) is 32.8. The summed E-state index contributed by atoms with van der Waals surface area (Å²) < 4.78 is 0. The van der Waals surface area contributed by atoms with Crippen LogP contribution in [-0.2, 0) is 0 Å². The van der Waals surface area contributed by atoms with Crippen molar-refractivity contribution in [1.29, 1.82) is 0 Å². The Labute approximate surface area is 348 Å². The van der Waals surface area contributed by atoms with Gasteiger partial charge in [-0.3, -0.25) is 0 Å². The lowest BCUT2D eigenvalue weighted by atomic mass is 9.75. The lowest BCUT2D eigenvalue weighted by molar-refractivity contribution is 1.62. The smallest absolute Gasteiger partial charge is 0.0000706 e. The maximum absolute atomic E-state index is 2.38. The van der Waals surface area contributed by atoms with E-state index in [1.807, 2.05) is 0 Å². The van der Waals surface area contributed by atoms with Gasteiger partial charge in [-0.1, -0.05) is 218 Å². The molecule has 0 radical (unpaired) electrons. The minimum Gasteiger partial charge on any atom is -0.0616 e. The first-order chi connectivity index (χ1) is 29.8. The third-order valence-electron chi connectivity index (χ3n) is 13.2. The summed E-state index contributed by atoms with van der Waals surface area (Å²) in [5.74, 6) is 0. The molecule has 0 amide bonds. The second-order valence-electron chi connectivity index (χ2n) is 16.2. The highest BCUT2D eigenvalue weighted by atomic mass is 14.4. The van der Waals surface area contributed by atoms with Crippen molar-refractivity contribution < 1.29 is 0 Å². The molecule has 0 bridgehead atoms. The van der Waals surface area contributed by atoms with E-state index in [1.165, 1.54) is 131 Å². The van der Waals surface area contributed by atoms with Crippen LogP contribution in [0.25, 0.3) is 131 Å². The summed E-state index contributed by atoms with van der Waals surface area (Å²) in [6.45, 7) is 0. The first kappa shape index (κ1) is 33.2. The molecular weight excluding hydrogens is 721 g/mol. The monoisotopic (exact) mass is 756 g/mol. The van der Waals surface area contributed by atoms with Gasteiger partial charge in [-0.05, 0) is 131 Å². The van der Waals surface area contributed by atoms with Crippen molar-refractivity contribution in [3.8, 4) is 66.8 Å². The summed E-state index contributed by atoms with van der Waals surface area (Å²) in [7, 11) is 0. The Hall–Kier alpha value is -7.80. The summed E-state index contributed by atoms with van der Waals surface area (Å²) in [5, 5.41) is 15.1. The van der Waals surface area contributed by atoms with E-state index < -0.39 is 0 Å². The van der Waals surface area contributed by atoms with Gasteiger partial charge in [-0.15, -0.1) is 0 Å². The highest BCUT2D eigenvalue weighted by Crippen LogP contribution is 2.63. The quantitative estimate of drug-likeness (QED) is 0.157. The fourth-order valence-electron chi connectivity index (χ4n) is 10.8. The SMILES string of the molecule is c1ccc2c(c1)-c1c(-c3cccc4ccccc34)c(-c3cccc4ccccc34)c(-c3cccc4ccccc34)c3c(-c4cccc5ccccc45)c4ccccc4c-2c13. The van der Waals surface area contributed by atoms with E-state index in [0.717, 1.165) is 0 Å². The maximum Gasteiger partial charge on any atom is -0.0000706 e. The molecule has 13 rings (SSSR count). The number of hydrogen-bond donors (Lipinski definition) is 0. The Morgan fingerprint density at radius 2 is 0.383 bits per heavy atom. The van der Waals surface area contributed by atoms with Crippen molar-refractivity contribution in [3.05, 3.63) is 218 Å². The van der Waals surface area contributed by atoms with E-state index in [2.05, 4.69) is 218 Å². The highest BCUT2D eigenvalue weighted by Gasteiger charge is 2.35. The number of hydrogen-bond acceptors (Lipinski definition) is 0. The topological polar surface area (TPSA) is 0 Å². The zero-order chi connectivity index (χ0) is 39.3. The number of benzene rings is 12. The van der Waals surface area contributed by atoms with Crippen LogP contribution in [0.3, 0.4) is 0 Å². The van der Waals surface area contributed by atoms with Crippen LogP contribution in [0.4, 0.5) is 0 Å². The van der Waals surface area contributed by atoms with Crippen molar-refractivity contribution in [1.82, 2.24) is 0 Å². The maximum atomic E-state index is 2.38. The Morgan fingerprint density at radius 3 is 0.783 bits per heavy atom. The predicted octanol–water partition coefficient (Wildman–Crippen LogP) is 16.9. The average molecular weight is 757 g/mol. The summed E-state index contributed by atoms with van der Waals surface area (Å²) in [4.78, 5) is 0. The van der Waals surface area contributed by atoms with Crippen LogP contribution in [0.1, 0.15) is 0 Å². The van der Waals surface area contributed by atoms with Gasteiger partial charge in [0.05, 0.1) is 0 Å². The molecule has 0 atom stereocenters. The molecule has 0 unspecified atom stereocenters. The van der Waals surface area contributed by atoms with Crippen LogP contribution in [0, 0.1) is 0 Å². The second-order valence-corrected chi connectivity index (χ2v) is 16.2. The van der Waals surface area contributed by atoms with Crippen molar-refractivity contribution >= 4 is 64.6 Å². The van der Waals surface area contributed by atoms with E-state index in [9.17, 15) is 0 Å². The van der Waals surface area contributed by atoms with E-state index >= 15 is 0 Å². The van der Waals surface area contributed by atoms with Crippen molar-refractivity contribution in [3.63, 3.8) is 0 Å². The third-order valence-corrected chi connectivity index (χ3v) is 13.2. The number of fused-ring (bicyclic) bond motifs is 9. The Balaban J connectivity index is 1.41. The second kappa shape index (κ2) is 12.9. The molecule has 0 N–H and O–H groups in total. The standard InChI is InChI=1S/C60H36/c1-5-25-41-37(17-1)21-13-33-45(41)53-49-29-9-10-30-50(49)54-51-31-11-12-32-52(51)58-56(47-35-15-23-39-19-3-7-27-43(39)47)55(46-34-14-22-38-18-2-6-26-42(38)46)57(59(53)60(54)58)48-36-16-24-40-20-4-8-28-44(40)48/h1-36H. The van der Waals surface area contributed by atoms with Gasteiger partial charge < -0.3 is 0 Å². The molecule has 276 valence electrons. The van der Waals surface area contributed by atoms with Crippen LogP contribution < -0.4 is 0 Å². The van der Waals surface area contributed by atoms with Gasteiger partial charge >= 0.3 is 0 Å². The molecule has 1 aliphatic rings. The molecule has 0 saturated carbocycles. The molecule has 0 heteroatoms. The molecule has 60 heavy (non-hydrogen) atoms. The van der Waals surface area contributed by atoms with Crippen LogP contribution in [0.5, 0.6) is 0 Å². The molecular formula is C60H36. The molecule has 0 spiro atoms. The van der Waals surface area contributed by atoms with Gasteiger partial charge in [-0.25, -0.2) is 0 Å². The Morgan fingerprint density at radius 1 is 0.150 bits per heavy atom. The lowest BCUT2D eigenvalue weighted by Crippen LogP contribution is -2.00. The minimum absolute atomic E-state index is 1.23. The van der Waals surface area contributed by atoms with Gasteiger partial charge in [0, 0.05) is 0 Å². The van der Waals surface area contributed by atoms with Crippen LogP contribution in [-0.4, -0.2) is 0 Å². The minimum atomic E-state index is 1.23. The van der Waals surface area contributed by atoms with Crippen LogP contribution in [0.2, 0.25) is 0 Å². The average Bonchev–Trinajstić information content (AvgIpc) is 3.66. The van der Waals surface area contributed by atoms with Gasteiger partial charge in [-0.2, -0.15) is 0 Å². The zero-order valence-corrected chi connectivity index (χ0v) is 32.8. The molecule has 0 aliphatic heterocycles. The van der Waals surface area contributed by atoms with E-state index in [1.54, 1.807) is 0 Å². The van der Waals surface area contributed by atoms with Crippen LogP contribution >= 0.6 is 0 Å². The molecule has 0 aromatic heterocycles. The van der Waals surface area contributed by atoms with Crippen molar-refractivity contribution in [2.75, 3.05) is 0 Å². The fraction of sp³-hybridized carbons (Fsp3) is 0. The Kier molecular flexibility index (Phi) is 7.11. The van der Waals surface area contributed by atoms with Gasteiger partial charge in [0.2, 0.25) is 0 Å². The normalized spacial score (nSPS) is 12.0. The molecule has 1 aliphatic carbocycles. The first-order valence-electron chi connectivity index (χ1n) is 20.9. The molecule has 12 aromatic carbocycles. The van der Waals surface area contributed by atoms with Gasteiger partial charge in [0.25, 0.3) is 0 Å². The van der Waals surface area contributed by atoms with Gasteiger partial charge in [0.1, 0.15) is 0 Å². The molecule has 0 nitrogen and oxygen atoms in total. The molecule has 0 fully saturated rings. The van der Waals surface area contributed by atoms with E-state index in [4.69, 9.17) is 0 Å². The Bertz CT molecular complexity index is 3750. The summed E-state index contributed by atoms with van der Waals surface area (Å²) >= 11 is 0. The third kappa shape index (κ3) is 4.62. The van der Waals surface area contributed by atoms with E-state index in [0.29, 0.717) is 0 Å². The van der Waals surface area contributed by atoms with Crippen molar-refractivity contribution in [2.24, 2.45) is 0 Å². The largest absolute Gasteiger partial charge is 0.0616 e. The fourth-order valence-corrected chi connectivity index (χ4v) is 10.8. The van der Waals surface area contributed by atoms with E-state index in [-0.39, 0.29) is 0 Å².